The predicted molar refractivity (Wildman–Crippen MR) is 128 cm³/mol. The fraction of sp³-hybridized carbons (Fsp3) is 0.500. The van der Waals surface area contributed by atoms with Gasteiger partial charge in [0.15, 0.2) is 18.3 Å². The van der Waals surface area contributed by atoms with E-state index in [1.54, 1.807) is 26.0 Å². The van der Waals surface area contributed by atoms with Crippen molar-refractivity contribution in [3.05, 3.63) is 53.6 Å². The van der Waals surface area contributed by atoms with Crippen LogP contribution in [0, 0.1) is 0 Å². The van der Waals surface area contributed by atoms with E-state index in [1.165, 1.54) is 0 Å². The van der Waals surface area contributed by atoms with Gasteiger partial charge in [0.1, 0.15) is 5.75 Å². The second kappa shape index (κ2) is 13.1. The van der Waals surface area contributed by atoms with Gasteiger partial charge in [-0.1, -0.05) is 24.3 Å². The van der Waals surface area contributed by atoms with Crippen molar-refractivity contribution in [3.8, 4) is 17.2 Å². The summed E-state index contributed by atoms with van der Waals surface area (Å²) in [5.74, 6) is 2.14. The Hall–Kier alpha value is -2.97. The molecule has 1 aliphatic heterocycles. The first-order chi connectivity index (χ1) is 16.5. The Bertz CT molecular complexity index is 920. The third-order valence-electron chi connectivity index (χ3n) is 5.82. The lowest BCUT2D eigenvalue weighted by atomic mass is 10.0. The molecule has 8 nitrogen and oxygen atoms in total. The van der Waals surface area contributed by atoms with Crippen LogP contribution in [-0.2, 0) is 22.3 Å². The van der Waals surface area contributed by atoms with E-state index in [4.69, 9.17) is 23.7 Å². The topological polar surface area (TPSA) is 86.7 Å². The number of nitrogens with zero attached hydrogens (tertiary/aromatic N) is 1. The maximum Gasteiger partial charge on any atom is 0.410 e. The summed E-state index contributed by atoms with van der Waals surface area (Å²) >= 11 is 0. The van der Waals surface area contributed by atoms with Crippen molar-refractivity contribution in [3.63, 3.8) is 0 Å². The molecule has 0 bridgehead atoms. The number of β-amino-alcohol motifs (C(OH)–C–C–N with tert-alkyl or cyclic N) is 1. The number of carbonyl (C=O) groups is 1. The third-order valence-corrected chi connectivity index (χ3v) is 5.82. The lowest BCUT2D eigenvalue weighted by Gasteiger charge is -2.23. The highest BCUT2D eigenvalue weighted by atomic mass is 16.7. The van der Waals surface area contributed by atoms with Gasteiger partial charge in [-0.2, -0.15) is 0 Å². The zero-order valence-corrected chi connectivity index (χ0v) is 20.2. The molecule has 0 aliphatic carbocycles. The molecule has 186 valence electrons. The number of ether oxygens (including phenoxy) is 5. The van der Waals surface area contributed by atoms with E-state index in [-0.39, 0.29) is 18.9 Å². The highest BCUT2D eigenvalue weighted by Crippen LogP contribution is 2.29. The second-order valence-corrected chi connectivity index (χ2v) is 8.18. The number of likely N-dealkylation sites (tertiary alicyclic amines) is 1. The molecule has 2 aromatic carbocycles. The molecule has 1 amide bonds. The number of benzene rings is 2. The first-order valence-electron chi connectivity index (χ1n) is 11.7. The Morgan fingerprint density at radius 2 is 1.88 bits per heavy atom. The summed E-state index contributed by atoms with van der Waals surface area (Å²) < 4.78 is 27.2. The van der Waals surface area contributed by atoms with Crippen LogP contribution in [0.5, 0.6) is 17.2 Å². The summed E-state index contributed by atoms with van der Waals surface area (Å²) in [5, 5.41) is 10.0. The van der Waals surface area contributed by atoms with Crippen LogP contribution in [0.2, 0.25) is 0 Å². The molecule has 2 aromatic rings. The van der Waals surface area contributed by atoms with Crippen LogP contribution in [0.15, 0.2) is 42.5 Å². The fourth-order valence-electron chi connectivity index (χ4n) is 4.14. The summed E-state index contributed by atoms with van der Waals surface area (Å²) in [6.45, 7) is 3.01. The number of carbonyl (C=O) groups excluding carboxylic acids is 1. The van der Waals surface area contributed by atoms with E-state index >= 15 is 0 Å². The monoisotopic (exact) mass is 473 g/mol. The number of para-hydroxylation sites is 1. The van der Waals surface area contributed by atoms with Crippen LogP contribution in [0.1, 0.15) is 30.9 Å². The van der Waals surface area contributed by atoms with Gasteiger partial charge in [-0.25, -0.2) is 4.79 Å². The van der Waals surface area contributed by atoms with Crippen LogP contribution in [-0.4, -0.2) is 69.0 Å². The third kappa shape index (κ3) is 7.01. The molecule has 3 rings (SSSR count). The van der Waals surface area contributed by atoms with Gasteiger partial charge in [0, 0.05) is 19.6 Å². The van der Waals surface area contributed by atoms with Crippen molar-refractivity contribution in [1.82, 2.24) is 4.90 Å². The van der Waals surface area contributed by atoms with Gasteiger partial charge in [-0.05, 0) is 55.5 Å². The number of amides is 1. The molecule has 8 heteroatoms. The van der Waals surface area contributed by atoms with Crippen molar-refractivity contribution in [2.45, 2.75) is 44.8 Å². The first kappa shape index (κ1) is 25.6. The Kier molecular flexibility index (Phi) is 9.85. The summed E-state index contributed by atoms with van der Waals surface area (Å²) in [5.41, 5.74) is 2.23. The number of hydrogen-bond acceptors (Lipinski definition) is 7. The predicted octanol–water partition coefficient (Wildman–Crippen LogP) is 3.82. The molecule has 0 aromatic heterocycles. The fourth-order valence-corrected chi connectivity index (χ4v) is 4.14. The molecule has 0 saturated carbocycles. The number of aliphatic hydroxyl groups excluding tert-OH is 1. The normalized spacial score (nSPS) is 17.5. The Balaban J connectivity index is 1.56. The van der Waals surface area contributed by atoms with Crippen molar-refractivity contribution >= 4 is 6.09 Å². The average molecular weight is 474 g/mol. The maximum atomic E-state index is 12.2. The van der Waals surface area contributed by atoms with Crippen molar-refractivity contribution < 1.29 is 33.6 Å². The molecule has 34 heavy (non-hydrogen) atoms. The minimum Gasteiger partial charge on any atom is -0.493 e. The van der Waals surface area contributed by atoms with Crippen LogP contribution in [0.3, 0.4) is 0 Å². The van der Waals surface area contributed by atoms with Gasteiger partial charge < -0.3 is 33.7 Å². The summed E-state index contributed by atoms with van der Waals surface area (Å²) in [7, 11) is 3.20. The van der Waals surface area contributed by atoms with E-state index in [9.17, 15) is 9.90 Å². The van der Waals surface area contributed by atoms with Gasteiger partial charge in [0.25, 0.3) is 0 Å². The van der Waals surface area contributed by atoms with Crippen molar-refractivity contribution in [2.24, 2.45) is 0 Å². The number of aryl methyl sites for hydroxylation is 2. The van der Waals surface area contributed by atoms with E-state index in [1.807, 2.05) is 36.4 Å². The highest BCUT2D eigenvalue weighted by molar-refractivity contribution is 5.68. The zero-order chi connectivity index (χ0) is 24.3. The van der Waals surface area contributed by atoms with Crippen LogP contribution >= 0.6 is 0 Å². The second-order valence-electron chi connectivity index (χ2n) is 8.18. The SMILES string of the molecule is CCOC(=O)N1C[C@H](O)C[C@H]1CCOc1ccccc1CCc1ccc(OCOC)c(OC)c1. The zero-order valence-electron chi connectivity index (χ0n) is 20.2. The molecular weight excluding hydrogens is 438 g/mol. The molecule has 0 radical (unpaired) electrons. The Morgan fingerprint density at radius 1 is 1.06 bits per heavy atom. The van der Waals surface area contributed by atoms with Crippen LogP contribution in [0.4, 0.5) is 4.79 Å². The van der Waals surface area contributed by atoms with Crippen molar-refractivity contribution in [1.29, 1.82) is 0 Å². The van der Waals surface area contributed by atoms with Crippen LogP contribution < -0.4 is 14.2 Å². The lowest BCUT2D eigenvalue weighted by Crippen LogP contribution is -2.37. The highest BCUT2D eigenvalue weighted by Gasteiger charge is 2.35. The molecule has 1 aliphatic rings. The number of aliphatic hydroxyl groups is 1. The number of rotatable bonds is 12. The molecular formula is C26H35NO7. The van der Waals surface area contributed by atoms with E-state index < -0.39 is 6.10 Å². The molecule has 2 atom stereocenters. The minimum absolute atomic E-state index is 0.0903. The molecule has 1 heterocycles. The van der Waals surface area contributed by atoms with Gasteiger partial charge in [0.05, 0.1) is 33.0 Å². The largest absolute Gasteiger partial charge is 0.493 e. The number of hydrogen-bond donors (Lipinski definition) is 1. The number of methoxy groups -OCH3 is 2. The molecule has 1 saturated heterocycles. The molecule has 1 N–H and O–H groups in total. The summed E-state index contributed by atoms with van der Waals surface area (Å²) in [6.07, 6.45) is 1.88. The van der Waals surface area contributed by atoms with Crippen LogP contribution in [0.25, 0.3) is 0 Å². The lowest BCUT2D eigenvalue weighted by molar-refractivity contribution is 0.0491. The smallest absolute Gasteiger partial charge is 0.410 e. The van der Waals surface area contributed by atoms with Gasteiger partial charge in [0.2, 0.25) is 0 Å². The standard InChI is InChI=1S/C26H35NO7/c1-4-32-26(29)27-17-22(28)16-21(27)13-14-33-23-8-6-5-7-20(23)11-9-19-10-12-24(34-18-30-2)25(15-19)31-3/h5-8,10,12,15,21-22,28H,4,9,11,13-14,16-18H2,1-3H3/t21-,22-/m1/s1. The maximum absolute atomic E-state index is 12.2. The molecule has 0 spiro atoms. The van der Waals surface area contributed by atoms with E-state index in [2.05, 4.69) is 6.07 Å². The first-order valence-corrected chi connectivity index (χ1v) is 11.7. The van der Waals surface area contributed by atoms with Gasteiger partial charge in [-0.3, -0.25) is 0 Å². The summed E-state index contributed by atoms with van der Waals surface area (Å²) in [4.78, 5) is 13.8. The van der Waals surface area contributed by atoms with Crippen molar-refractivity contribution in [2.75, 3.05) is 40.8 Å². The van der Waals surface area contributed by atoms with Gasteiger partial charge in [-0.15, -0.1) is 0 Å². The van der Waals surface area contributed by atoms with E-state index in [0.29, 0.717) is 44.1 Å². The Labute approximate surface area is 201 Å². The molecule has 0 unspecified atom stereocenters. The summed E-state index contributed by atoms with van der Waals surface area (Å²) in [6, 6.07) is 13.8. The minimum atomic E-state index is -0.523. The average Bonchev–Trinajstić information content (AvgIpc) is 3.22. The molecule has 1 fully saturated rings. The quantitative estimate of drug-likeness (QED) is 0.469. The van der Waals surface area contributed by atoms with E-state index in [0.717, 1.165) is 29.7 Å². The van der Waals surface area contributed by atoms with Gasteiger partial charge >= 0.3 is 6.09 Å². The Morgan fingerprint density at radius 3 is 2.65 bits per heavy atom.